The Morgan fingerprint density at radius 3 is 2.73 bits per heavy atom. The molecule has 0 aromatic carbocycles. The average molecular weight is 339 g/mol. The third kappa shape index (κ3) is 6.62. The first kappa shape index (κ1) is 14.6. The maximum absolute atomic E-state index is 10.4. The molecule has 0 saturated heterocycles. The van der Waals surface area contributed by atoms with E-state index in [1.54, 1.807) is 15.5 Å². The molecular weight excluding hydrogens is 325 g/mol. The van der Waals surface area contributed by atoms with Crippen molar-refractivity contribution in [1.82, 2.24) is 2.52 Å². The number of hydrogen-bond donors (Lipinski definition) is 1. The number of rotatable bonds is 6. The molecule has 0 aliphatic carbocycles. The Morgan fingerprint density at radius 2 is 2.27 bits per heavy atom. The number of nitrogens with zero attached hydrogens (tertiary/aromatic N) is 1. The minimum Gasteiger partial charge on any atom is -0.513 e. The lowest BCUT2D eigenvalue weighted by atomic mass is 10.3. The molecule has 0 aliphatic heterocycles. The van der Waals surface area contributed by atoms with Crippen molar-refractivity contribution in [2.24, 2.45) is 0 Å². The molecule has 3 nitrogen and oxygen atoms in total. The van der Waals surface area contributed by atoms with Gasteiger partial charge in [-0.1, -0.05) is 12.2 Å². The van der Waals surface area contributed by atoms with Crippen LogP contribution in [0, 0.1) is 0 Å². The van der Waals surface area contributed by atoms with E-state index in [9.17, 15) is 4.79 Å². The number of allylic oxidation sites excluding steroid dienone is 3. The van der Waals surface area contributed by atoms with Crippen molar-refractivity contribution in [2.75, 3.05) is 5.75 Å². The maximum Gasteiger partial charge on any atom is 0.145 e. The monoisotopic (exact) mass is 339 g/mol. The van der Waals surface area contributed by atoms with Gasteiger partial charge in [0, 0.05) is 5.75 Å². The van der Waals surface area contributed by atoms with Crippen molar-refractivity contribution in [2.45, 2.75) is 13.8 Å². The Bertz CT molecular complexity index is 287. The lowest BCUT2D eigenvalue weighted by Gasteiger charge is -2.14. The van der Waals surface area contributed by atoms with Crippen LogP contribution >= 0.6 is 34.8 Å². The highest BCUT2D eigenvalue weighted by atomic mass is 127. The molecule has 15 heavy (non-hydrogen) atoms. The highest BCUT2D eigenvalue weighted by molar-refractivity contribution is 14.1. The first-order chi connectivity index (χ1) is 7.15. The fourth-order valence-corrected chi connectivity index (χ4v) is 2.08. The van der Waals surface area contributed by atoms with Crippen LogP contribution in [0.3, 0.4) is 0 Å². The van der Waals surface area contributed by atoms with Crippen molar-refractivity contribution >= 4 is 41.1 Å². The lowest BCUT2D eigenvalue weighted by molar-refractivity contribution is -0.104. The molecule has 0 amide bonds. The van der Waals surface area contributed by atoms with Gasteiger partial charge in [-0.25, -0.2) is 0 Å². The van der Waals surface area contributed by atoms with Gasteiger partial charge in [-0.15, -0.1) is 0 Å². The third-order valence-electron chi connectivity index (χ3n) is 1.42. The molecule has 1 N–H and O–H groups in total. The second kappa shape index (κ2) is 8.84. The molecule has 0 atom stereocenters. The van der Waals surface area contributed by atoms with Crippen LogP contribution in [-0.4, -0.2) is 19.7 Å². The largest absolute Gasteiger partial charge is 0.513 e. The summed E-state index contributed by atoms with van der Waals surface area (Å²) < 4.78 is 1.78. The number of hydrogen-bond acceptors (Lipinski definition) is 4. The van der Waals surface area contributed by atoms with Crippen LogP contribution in [0.5, 0.6) is 0 Å². The van der Waals surface area contributed by atoms with E-state index in [1.807, 2.05) is 19.1 Å². The topological polar surface area (TPSA) is 40.5 Å². The highest BCUT2D eigenvalue weighted by Crippen LogP contribution is 2.24. The van der Waals surface area contributed by atoms with E-state index >= 15 is 0 Å². The van der Waals surface area contributed by atoms with Crippen LogP contribution in [0.1, 0.15) is 13.8 Å². The molecule has 0 aliphatic rings. The molecule has 0 unspecified atom stereocenters. The van der Waals surface area contributed by atoms with E-state index in [2.05, 4.69) is 22.9 Å². The summed E-state index contributed by atoms with van der Waals surface area (Å²) in [5.41, 5.74) is 1.17. The van der Waals surface area contributed by atoms with Crippen molar-refractivity contribution < 1.29 is 9.90 Å². The quantitative estimate of drug-likeness (QED) is 0.118. The van der Waals surface area contributed by atoms with E-state index < -0.39 is 0 Å². The van der Waals surface area contributed by atoms with Crippen LogP contribution in [0.15, 0.2) is 35.8 Å². The zero-order valence-corrected chi connectivity index (χ0v) is 11.7. The predicted molar refractivity (Wildman–Crippen MR) is 73.7 cm³/mol. The van der Waals surface area contributed by atoms with Gasteiger partial charge >= 0.3 is 0 Å². The molecule has 5 heteroatoms. The number of aliphatic hydroxyl groups excluding tert-OH is 1. The average Bonchev–Trinajstić information content (AvgIpc) is 2.25. The highest BCUT2D eigenvalue weighted by Gasteiger charge is 2.04. The minimum atomic E-state index is 0.573. The molecule has 84 valence electrons. The molecule has 0 bridgehead atoms. The van der Waals surface area contributed by atoms with E-state index in [4.69, 9.17) is 5.11 Å². The van der Waals surface area contributed by atoms with Crippen molar-refractivity contribution in [3.63, 3.8) is 0 Å². The lowest BCUT2D eigenvalue weighted by Crippen LogP contribution is -2.00. The Balaban J connectivity index is 4.36. The fraction of sp³-hybridized carbons (Fsp3) is 0.300. The Morgan fingerprint density at radius 1 is 1.60 bits per heavy atom. The molecule has 0 saturated carbocycles. The summed E-state index contributed by atoms with van der Waals surface area (Å²) in [4.78, 5) is 10.4. The van der Waals surface area contributed by atoms with Crippen molar-refractivity contribution in [1.29, 1.82) is 0 Å². The third-order valence-corrected chi connectivity index (χ3v) is 3.59. The summed E-state index contributed by atoms with van der Waals surface area (Å²) in [6.07, 6.45) is 7.35. The van der Waals surface area contributed by atoms with Gasteiger partial charge < -0.3 is 5.11 Å². The summed E-state index contributed by atoms with van der Waals surface area (Å²) in [6, 6.07) is 0. The van der Waals surface area contributed by atoms with Crippen LogP contribution in [0.2, 0.25) is 0 Å². The standard InChI is InChI=1S/C10H14INO2S/c1-3-4-5-15-12(11)10(8-14)6-9(2)7-13/h3-4,6-8,14H,5H2,1-2H3/b4-3+,9-6+,10-8+. The molecule has 0 spiro atoms. The van der Waals surface area contributed by atoms with Gasteiger partial charge in [0.25, 0.3) is 0 Å². The Hall–Kier alpha value is -0.430. The first-order valence-corrected chi connectivity index (χ1v) is 6.24. The van der Waals surface area contributed by atoms with Gasteiger partial charge in [-0.3, -0.25) is 7.31 Å². The van der Waals surface area contributed by atoms with Crippen LogP contribution in [0.25, 0.3) is 0 Å². The van der Waals surface area contributed by atoms with Crippen LogP contribution in [0.4, 0.5) is 0 Å². The molecule has 0 aromatic rings. The number of aliphatic hydroxyl groups is 1. The minimum absolute atomic E-state index is 0.573. The van der Waals surface area contributed by atoms with E-state index in [0.717, 1.165) is 18.3 Å². The SMILES string of the molecule is C/C=C/CSN(I)C(/C=C(\C)C=O)=C/O. The molecule has 0 radical (unpaired) electrons. The van der Waals surface area contributed by atoms with E-state index in [0.29, 0.717) is 11.3 Å². The van der Waals surface area contributed by atoms with Gasteiger partial charge in [0.1, 0.15) is 12.5 Å². The van der Waals surface area contributed by atoms with Gasteiger partial charge in [0.05, 0.1) is 28.6 Å². The molecule has 0 fully saturated rings. The zero-order chi connectivity index (χ0) is 11.7. The van der Waals surface area contributed by atoms with Crippen molar-refractivity contribution in [3.05, 3.63) is 35.8 Å². The zero-order valence-electron chi connectivity index (χ0n) is 8.68. The van der Waals surface area contributed by atoms with Gasteiger partial charge in [0.15, 0.2) is 0 Å². The Labute approximate surface area is 109 Å². The van der Waals surface area contributed by atoms with Gasteiger partial charge in [-0.05, 0) is 37.4 Å². The smallest absolute Gasteiger partial charge is 0.145 e. The summed E-state index contributed by atoms with van der Waals surface area (Å²) in [7, 11) is 0. The second-order valence-electron chi connectivity index (χ2n) is 2.67. The summed E-state index contributed by atoms with van der Waals surface area (Å²) in [6.45, 7) is 3.65. The number of carbonyl (C=O) groups is 1. The van der Waals surface area contributed by atoms with Crippen LogP contribution in [-0.2, 0) is 4.79 Å². The summed E-state index contributed by atoms with van der Waals surface area (Å²) >= 11 is 3.60. The first-order valence-electron chi connectivity index (χ1n) is 4.33. The number of halogens is 1. The summed E-state index contributed by atoms with van der Waals surface area (Å²) in [5.74, 6) is 0.824. The Kier molecular flexibility index (Phi) is 8.59. The van der Waals surface area contributed by atoms with Crippen molar-refractivity contribution in [3.8, 4) is 0 Å². The molecule has 0 heterocycles. The van der Waals surface area contributed by atoms with Gasteiger partial charge in [-0.2, -0.15) is 0 Å². The normalized spacial score (nSPS) is 13.3. The second-order valence-corrected chi connectivity index (χ2v) is 5.25. The number of aldehydes is 1. The molecular formula is C10H14INO2S. The fourth-order valence-electron chi connectivity index (χ4n) is 0.680. The van der Waals surface area contributed by atoms with E-state index in [1.165, 1.54) is 11.9 Å². The summed E-state index contributed by atoms with van der Waals surface area (Å²) in [5, 5.41) is 9.00. The maximum atomic E-state index is 10.4. The van der Waals surface area contributed by atoms with E-state index in [-0.39, 0.29) is 0 Å². The molecule has 0 aromatic heterocycles. The van der Waals surface area contributed by atoms with Gasteiger partial charge in [0.2, 0.25) is 0 Å². The molecule has 0 rings (SSSR count). The van der Waals surface area contributed by atoms with Crippen LogP contribution < -0.4 is 0 Å². The predicted octanol–water partition coefficient (Wildman–Crippen LogP) is 3.41. The number of carbonyl (C=O) groups excluding carboxylic acids is 1.